The molecule has 6 heteroatoms. The number of fused-ring (bicyclic) bond motifs is 6. The minimum Gasteiger partial charge on any atom is -0.464 e. The number of aromatic nitrogens is 2. The Balaban J connectivity index is 0.876. The Kier molecular flexibility index (Phi) is 7.88. The molecule has 1 unspecified atom stereocenters. The first-order valence-electron chi connectivity index (χ1n) is 21.5. The summed E-state index contributed by atoms with van der Waals surface area (Å²) in [6.45, 7) is 9.28. The Hall–Kier alpha value is -7.57. The van der Waals surface area contributed by atoms with Gasteiger partial charge in [-0.3, -0.25) is 4.57 Å². The highest BCUT2D eigenvalue weighted by Crippen LogP contribution is 2.53. The molecule has 1 aromatic heterocycles. The number of rotatable bonds is 5. The van der Waals surface area contributed by atoms with E-state index in [0.717, 1.165) is 56.5 Å². The van der Waals surface area contributed by atoms with Gasteiger partial charge < -0.3 is 19.9 Å². The van der Waals surface area contributed by atoms with Gasteiger partial charge in [0.1, 0.15) is 11.6 Å². The second-order valence-corrected chi connectivity index (χ2v) is 17.7. The lowest BCUT2D eigenvalue weighted by Gasteiger charge is -2.42. The molecule has 0 radical (unpaired) electrons. The molecule has 62 heavy (non-hydrogen) atoms. The highest BCUT2D eigenvalue weighted by molar-refractivity contribution is 5.91. The molecule has 0 saturated carbocycles. The molecule has 8 aromatic carbocycles. The SMILES string of the molecule is CC1(C)c2ccccc2N(c2ccc(-c3nc4cc5c(cc4n3-c3ccccc3)NC(c3ccc(N4c6ccccc6C(C)(C)c6ccccc64)cc3)O5)cc2)c2ccccc21. The van der Waals surface area contributed by atoms with Gasteiger partial charge in [-0.1, -0.05) is 131 Å². The van der Waals surface area contributed by atoms with Crippen molar-refractivity contribution in [2.24, 2.45) is 0 Å². The molecular formula is C56H45N5O. The van der Waals surface area contributed by atoms with E-state index >= 15 is 0 Å². The van der Waals surface area contributed by atoms with Gasteiger partial charge in [0.2, 0.25) is 0 Å². The minimum absolute atomic E-state index is 0.103. The van der Waals surface area contributed by atoms with E-state index in [1.54, 1.807) is 0 Å². The Morgan fingerprint density at radius 1 is 0.484 bits per heavy atom. The summed E-state index contributed by atoms with van der Waals surface area (Å²) in [4.78, 5) is 10.1. The topological polar surface area (TPSA) is 45.6 Å². The molecule has 4 heterocycles. The van der Waals surface area contributed by atoms with Crippen LogP contribution in [0.25, 0.3) is 28.1 Å². The number of hydrogen-bond donors (Lipinski definition) is 1. The maximum Gasteiger partial charge on any atom is 0.196 e. The van der Waals surface area contributed by atoms with E-state index in [-0.39, 0.29) is 17.1 Å². The summed E-state index contributed by atoms with van der Waals surface area (Å²) in [6, 6.07) is 67.5. The largest absolute Gasteiger partial charge is 0.464 e. The van der Waals surface area contributed by atoms with Crippen LogP contribution in [0.5, 0.6) is 5.75 Å². The summed E-state index contributed by atoms with van der Waals surface area (Å²) in [5.41, 5.74) is 18.1. The molecule has 3 aliphatic rings. The Morgan fingerprint density at radius 3 is 1.44 bits per heavy atom. The fraction of sp³-hybridized carbons (Fsp3) is 0.125. The zero-order chi connectivity index (χ0) is 41.7. The molecule has 3 aliphatic heterocycles. The molecule has 6 nitrogen and oxygen atoms in total. The van der Waals surface area contributed by atoms with Crippen molar-refractivity contribution in [3.63, 3.8) is 0 Å². The summed E-state index contributed by atoms with van der Waals surface area (Å²) in [5, 5.41) is 3.70. The fourth-order valence-corrected chi connectivity index (χ4v) is 10.2. The molecule has 12 rings (SSSR count). The van der Waals surface area contributed by atoms with Crippen LogP contribution in [0.3, 0.4) is 0 Å². The quantitative estimate of drug-likeness (QED) is 0.188. The average molecular weight is 804 g/mol. The number of imidazole rings is 1. The van der Waals surface area contributed by atoms with Crippen molar-refractivity contribution < 1.29 is 4.74 Å². The molecule has 1 N–H and O–H groups in total. The van der Waals surface area contributed by atoms with Gasteiger partial charge in [-0.15, -0.1) is 0 Å². The van der Waals surface area contributed by atoms with Crippen molar-refractivity contribution in [2.45, 2.75) is 44.8 Å². The third-order valence-corrected chi connectivity index (χ3v) is 13.4. The molecule has 0 bridgehead atoms. The lowest BCUT2D eigenvalue weighted by molar-refractivity contribution is 0.260. The highest BCUT2D eigenvalue weighted by Gasteiger charge is 2.38. The minimum atomic E-state index is -0.335. The third-order valence-electron chi connectivity index (χ3n) is 13.4. The van der Waals surface area contributed by atoms with Gasteiger partial charge in [0.15, 0.2) is 6.23 Å². The summed E-state index contributed by atoms with van der Waals surface area (Å²) in [5.74, 6) is 1.66. The van der Waals surface area contributed by atoms with E-state index in [1.165, 1.54) is 45.0 Å². The second-order valence-electron chi connectivity index (χ2n) is 17.7. The average Bonchev–Trinajstić information content (AvgIpc) is 3.90. The summed E-state index contributed by atoms with van der Waals surface area (Å²) >= 11 is 0. The molecule has 300 valence electrons. The molecule has 1 atom stereocenters. The number of nitrogens with zero attached hydrogens (tertiary/aromatic N) is 4. The number of ether oxygens (including phenoxy) is 1. The normalized spacial score (nSPS) is 16.4. The van der Waals surface area contributed by atoms with Crippen molar-refractivity contribution in [1.29, 1.82) is 0 Å². The van der Waals surface area contributed by atoms with Crippen molar-refractivity contribution in [1.82, 2.24) is 9.55 Å². The van der Waals surface area contributed by atoms with Gasteiger partial charge in [0, 0.05) is 45.1 Å². The third kappa shape index (κ3) is 5.39. The van der Waals surface area contributed by atoms with E-state index < -0.39 is 0 Å². The van der Waals surface area contributed by atoms with Crippen LogP contribution in [0.15, 0.2) is 188 Å². The van der Waals surface area contributed by atoms with Gasteiger partial charge in [0.05, 0.1) is 39.5 Å². The van der Waals surface area contributed by atoms with Crippen LogP contribution in [0.1, 0.15) is 61.7 Å². The predicted octanol–water partition coefficient (Wildman–Crippen LogP) is 14.4. The number of benzene rings is 8. The van der Waals surface area contributed by atoms with Crippen LogP contribution in [0, 0.1) is 0 Å². The summed E-state index contributed by atoms with van der Waals surface area (Å²) < 4.78 is 8.92. The van der Waals surface area contributed by atoms with E-state index in [4.69, 9.17) is 9.72 Å². The maximum atomic E-state index is 6.66. The smallest absolute Gasteiger partial charge is 0.196 e. The molecule has 0 spiro atoms. The zero-order valence-electron chi connectivity index (χ0n) is 35.2. The first-order valence-corrected chi connectivity index (χ1v) is 21.5. The van der Waals surface area contributed by atoms with Crippen molar-refractivity contribution in [3.8, 4) is 22.8 Å². The molecule has 0 amide bonds. The van der Waals surface area contributed by atoms with E-state index in [1.807, 2.05) is 0 Å². The highest BCUT2D eigenvalue weighted by atomic mass is 16.5. The van der Waals surface area contributed by atoms with Crippen LogP contribution in [0.2, 0.25) is 0 Å². The van der Waals surface area contributed by atoms with Gasteiger partial charge in [-0.25, -0.2) is 4.98 Å². The molecular weight excluding hydrogens is 759 g/mol. The van der Waals surface area contributed by atoms with E-state index in [9.17, 15) is 0 Å². The number of anilines is 7. The standard InChI is InChI=1S/C56H45N5O/c1-55(2)41-18-8-12-22-47(41)59(48-23-13-9-19-42(48)55)39-30-26-36(27-31-39)53-57-45-35-52-46(34-51(45)61(53)38-16-6-5-7-17-38)58-54(62-52)37-28-32-40(33-29-37)60-49-24-14-10-20-43(49)56(3,4)44-21-11-15-25-50(44)60/h5-35,54,58H,1-4H3. The lowest BCUT2D eigenvalue weighted by Crippen LogP contribution is -2.30. The van der Waals surface area contributed by atoms with Crippen LogP contribution in [-0.4, -0.2) is 9.55 Å². The summed E-state index contributed by atoms with van der Waals surface area (Å²) in [7, 11) is 0. The number of hydrogen-bond acceptors (Lipinski definition) is 5. The Bertz CT molecular complexity index is 3100. The van der Waals surface area contributed by atoms with Crippen LogP contribution >= 0.6 is 0 Å². The van der Waals surface area contributed by atoms with Crippen LogP contribution in [0.4, 0.5) is 39.8 Å². The molecule has 0 aliphatic carbocycles. The fourth-order valence-electron chi connectivity index (χ4n) is 10.2. The predicted molar refractivity (Wildman–Crippen MR) is 254 cm³/mol. The second kappa shape index (κ2) is 13.5. The van der Waals surface area contributed by atoms with E-state index in [0.29, 0.717) is 0 Å². The van der Waals surface area contributed by atoms with Crippen LogP contribution < -0.4 is 19.9 Å². The number of para-hydroxylation sites is 5. The Morgan fingerprint density at radius 2 is 0.935 bits per heavy atom. The van der Waals surface area contributed by atoms with Crippen molar-refractivity contribution in [2.75, 3.05) is 15.1 Å². The Labute approximate surface area is 362 Å². The number of nitrogens with one attached hydrogen (secondary N) is 1. The van der Waals surface area contributed by atoms with Gasteiger partial charge in [-0.2, -0.15) is 0 Å². The van der Waals surface area contributed by atoms with E-state index in [2.05, 4.69) is 235 Å². The van der Waals surface area contributed by atoms with Gasteiger partial charge in [-0.05, 0) is 101 Å². The lowest BCUT2D eigenvalue weighted by atomic mass is 9.73. The van der Waals surface area contributed by atoms with Gasteiger partial charge in [0.25, 0.3) is 0 Å². The summed E-state index contributed by atoms with van der Waals surface area (Å²) in [6.07, 6.45) is -0.335. The monoisotopic (exact) mass is 803 g/mol. The maximum absolute atomic E-state index is 6.66. The van der Waals surface area contributed by atoms with Gasteiger partial charge >= 0.3 is 0 Å². The van der Waals surface area contributed by atoms with Crippen molar-refractivity contribution in [3.05, 3.63) is 216 Å². The first-order chi connectivity index (χ1) is 30.3. The molecule has 9 aromatic rings. The zero-order valence-corrected chi connectivity index (χ0v) is 35.2. The molecule has 0 fully saturated rings. The van der Waals surface area contributed by atoms with Crippen molar-refractivity contribution >= 4 is 50.8 Å². The first kappa shape index (κ1) is 36.3. The van der Waals surface area contributed by atoms with Crippen LogP contribution in [-0.2, 0) is 10.8 Å². The molecule has 0 saturated heterocycles.